The third kappa shape index (κ3) is 4.63. The number of hydrogen-bond donors (Lipinski definition) is 2. The molecule has 2 N–H and O–H groups in total. The van der Waals surface area contributed by atoms with Gasteiger partial charge in [0.25, 0.3) is 0 Å². The molecule has 0 saturated carbocycles. The standard InChI is InChI=1S/C12H16BrClN2O2S/c13-11-7-10(1-2-12(11)14)16-19(17,18)8-9-3-5-15-6-4-9/h1-2,7,9,15-16H,3-6,8H2. The molecule has 1 aromatic carbocycles. The molecule has 0 atom stereocenters. The van der Waals surface area contributed by atoms with E-state index in [9.17, 15) is 8.42 Å². The van der Waals surface area contributed by atoms with E-state index >= 15 is 0 Å². The third-order valence-electron chi connectivity index (χ3n) is 3.11. The summed E-state index contributed by atoms with van der Waals surface area (Å²) in [6.45, 7) is 1.79. The Hall–Kier alpha value is -0.300. The maximum absolute atomic E-state index is 12.1. The molecule has 1 aromatic rings. The summed E-state index contributed by atoms with van der Waals surface area (Å²) in [6, 6.07) is 4.99. The van der Waals surface area contributed by atoms with Crippen molar-refractivity contribution in [3.05, 3.63) is 27.7 Å². The zero-order valence-electron chi connectivity index (χ0n) is 10.3. The molecular formula is C12H16BrClN2O2S. The Morgan fingerprint density at radius 2 is 2.05 bits per heavy atom. The highest BCUT2D eigenvalue weighted by atomic mass is 79.9. The van der Waals surface area contributed by atoms with Gasteiger partial charge in [-0.3, -0.25) is 4.72 Å². The summed E-state index contributed by atoms with van der Waals surface area (Å²) in [5.41, 5.74) is 0.533. The van der Waals surface area contributed by atoms with Crippen molar-refractivity contribution in [3.8, 4) is 0 Å². The normalized spacial score (nSPS) is 17.4. The van der Waals surface area contributed by atoms with Gasteiger partial charge >= 0.3 is 0 Å². The molecule has 4 nitrogen and oxygen atoms in total. The molecule has 1 aliphatic heterocycles. The first-order valence-electron chi connectivity index (χ1n) is 6.12. The highest BCUT2D eigenvalue weighted by molar-refractivity contribution is 9.10. The maximum atomic E-state index is 12.1. The molecule has 0 unspecified atom stereocenters. The van der Waals surface area contributed by atoms with Crippen LogP contribution in [0, 0.1) is 5.92 Å². The molecule has 2 rings (SSSR count). The Morgan fingerprint density at radius 1 is 1.37 bits per heavy atom. The fraction of sp³-hybridized carbons (Fsp3) is 0.500. The van der Waals surface area contributed by atoms with E-state index in [1.165, 1.54) is 0 Å². The molecule has 1 fully saturated rings. The van der Waals surface area contributed by atoms with Gasteiger partial charge in [0, 0.05) is 10.2 Å². The van der Waals surface area contributed by atoms with Gasteiger partial charge in [-0.2, -0.15) is 0 Å². The third-order valence-corrected chi connectivity index (χ3v) is 5.78. The Labute approximate surface area is 127 Å². The van der Waals surface area contributed by atoms with Gasteiger partial charge in [0.2, 0.25) is 10.0 Å². The fourth-order valence-corrected chi connectivity index (χ4v) is 4.16. The van der Waals surface area contributed by atoms with Crippen LogP contribution in [0.3, 0.4) is 0 Å². The Balaban J connectivity index is 2.01. The SMILES string of the molecule is O=S(=O)(CC1CCNCC1)Nc1ccc(Cl)c(Br)c1. The van der Waals surface area contributed by atoms with E-state index in [4.69, 9.17) is 11.6 Å². The van der Waals surface area contributed by atoms with Crippen LogP contribution in [0.2, 0.25) is 5.02 Å². The highest BCUT2D eigenvalue weighted by Gasteiger charge is 2.21. The van der Waals surface area contributed by atoms with Gasteiger partial charge < -0.3 is 5.32 Å². The van der Waals surface area contributed by atoms with Crippen molar-refractivity contribution in [3.63, 3.8) is 0 Å². The number of sulfonamides is 1. The molecule has 0 aliphatic carbocycles. The zero-order valence-corrected chi connectivity index (χ0v) is 13.5. The fourth-order valence-electron chi connectivity index (χ4n) is 2.14. The Morgan fingerprint density at radius 3 is 2.68 bits per heavy atom. The smallest absolute Gasteiger partial charge is 0.232 e. The first-order chi connectivity index (χ1) is 8.96. The summed E-state index contributed by atoms with van der Waals surface area (Å²) in [7, 11) is -3.31. The molecule has 0 radical (unpaired) electrons. The van der Waals surface area contributed by atoms with E-state index in [0.717, 1.165) is 25.9 Å². The average Bonchev–Trinajstić information content (AvgIpc) is 2.34. The van der Waals surface area contributed by atoms with Gasteiger partial charge in [0.05, 0.1) is 10.8 Å². The van der Waals surface area contributed by atoms with Crippen molar-refractivity contribution in [1.29, 1.82) is 0 Å². The lowest BCUT2D eigenvalue weighted by atomic mass is 10.0. The number of anilines is 1. The lowest BCUT2D eigenvalue weighted by Gasteiger charge is -2.22. The number of piperidine rings is 1. The number of rotatable bonds is 4. The lowest BCUT2D eigenvalue weighted by molar-refractivity contribution is 0.402. The van der Waals surface area contributed by atoms with Gasteiger partial charge in [-0.15, -0.1) is 0 Å². The van der Waals surface area contributed by atoms with Crippen molar-refractivity contribution < 1.29 is 8.42 Å². The number of hydrogen-bond acceptors (Lipinski definition) is 3. The van der Waals surface area contributed by atoms with Crippen LogP contribution in [0.4, 0.5) is 5.69 Å². The molecule has 1 heterocycles. The summed E-state index contributed by atoms with van der Waals surface area (Å²) in [6.07, 6.45) is 1.82. The van der Waals surface area contributed by atoms with Crippen LogP contribution in [-0.4, -0.2) is 27.3 Å². The van der Waals surface area contributed by atoms with Crippen LogP contribution in [0.25, 0.3) is 0 Å². The average molecular weight is 368 g/mol. The minimum absolute atomic E-state index is 0.176. The second-order valence-electron chi connectivity index (χ2n) is 4.71. The summed E-state index contributed by atoms with van der Waals surface area (Å²) in [5, 5.41) is 3.78. The van der Waals surface area contributed by atoms with Crippen LogP contribution < -0.4 is 10.0 Å². The minimum atomic E-state index is -3.31. The highest BCUT2D eigenvalue weighted by Crippen LogP contribution is 2.26. The van der Waals surface area contributed by atoms with Gasteiger partial charge in [-0.25, -0.2) is 8.42 Å². The van der Waals surface area contributed by atoms with Gasteiger partial charge in [-0.05, 0) is 66.0 Å². The van der Waals surface area contributed by atoms with Crippen molar-refractivity contribution in [2.75, 3.05) is 23.6 Å². The van der Waals surface area contributed by atoms with Gasteiger partial charge in [0.1, 0.15) is 0 Å². The van der Waals surface area contributed by atoms with Gasteiger partial charge in [-0.1, -0.05) is 11.6 Å². The molecule has 7 heteroatoms. The van der Waals surface area contributed by atoms with E-state index in [1.807, 2.05) is 0 Å². The quantitative estimate of drug-likeness (QED) is 0.860. The summed E-state index contributed by atoms with van der Waals surface area (Å²) in [4.78, 5) is 0. The second kappa shape index (κ2) is 6.43. The molecule has 1 saturated heterocycles. The van der Waals surface area contributed by atoms with E-state index < -0.39 is 10.0 Å². The molecule has 106 valence electrons. The zero-order chi connectivity index (χ0) is 13.9. The second-order valence-corrected chi connectivity index (χ2v) is 7.73. The van der Waals surface area contributed by atoms with Crippen LogP contribution in [0.1, 0.15) is 12.8 Å². The Kier molecular flexibility index (Phi) is 5.11. The number of nitrogens with one attached hydrogen (secondary N) is 2. The first-order valence-corrected chi connectivity index (χ1v) is 8.95. The van der Waals surface area contributed by atoms with E-state index in [2.05, 4.69) is 26.0 Å². The minimum Gasteiger partial charge on any atom is -0.317 e. The van der Waals surface area contributed by atoms with E-state index in [1.54, 1.807) is 18.2 Å². The molecule has 0 bridgehead atoms. The van der Waals surface area contributed by atoms with Crippen molar-refractivity contribution >= 4 is 43.2 Å². The Bertz CT molecular complexity index is 545. The number of benzene rings is 1. The molecular weight excluding hydrogens is 352 g/mol. The van der Waals surface area contributed by atoms with Gasteiger partial charge in [0.15, 0.2) is 0 Å². The monoisotopic (exact) mass is 366 g/mol. The predicted octanol–water partition coefficient (Wildman–Crippen LogP) is 2.84. The maximum Gasteiger partial charge on any atom is 0.232 e. The summed E-state index contributed by atoms with van der Waals surface area (Å²) >= 11 is 9.15. The number of halogens is 2. The van der Waals surface area contributed by atoms with Crippen LogP contribution in [0.15, 0.2) is 22.7 Å². The van der Waals surface area contributed by atoms with E-state index in [0.29, 0.717) is 15.2 Å². The lowest BCUT2D eigenvalue weighted by Crippen LogP contribution is -2.33. The summed E-state index contributed by atoms with van der Waals surface area (Å²) < 4.78 is 27.4. The topological polar surface area (TPSA) is 58.2 Å². The molecule has 0 spiro atoms. The first kappa shape index (κ1) is 15.1. The van der Waals surface area contributed by atoms with Crippen molar-refractivity contribution in [2.45, 2.75) is 12.8 Å². The van der Waals surface area contributed by atoms with Crippen molar-refractivity contribution in [1.82, 2.24) is 5.32 Å². The molecule has 1 aliphatic rings. The summed E-state index contributed by atoms with van der Waals surface area (Å²) in [5.74, 6) is 0.407. The van der Waals surface area contributed by atoms with Crippen LogP contribution >= 0.6 is 27.5 Å². The van der Waals surface area contributed by atoms with Crippen LogP contribution in [0.5, 0.6) is 0 Å². The van der Waals surface area contributed by atoms with Crippen molar-refractivity contribution in [2.24, 2.45) is 5.92 Å². The largest absolute Gasteiger partial charge is 0.317 e. The molecule has 19 heavy (non-hydrogen) atoms. The predicted molar refractivity (Wildman–Crippen MR) is 82.2 cm³/mol. The van der Waals surface area contributed by atoms with E-state index in [-0.39, 0.29) is 11.7 Å². The van der Waals surface area contributed by atoms with Crippen LogP contribution in [-0.2, 0) is 10.0 Å². The molecule has 0 amide bonds. The molecule has 0 aromatic heterocycles.